The number of piperidine rings is 1. The van der Waals surface area contributed by atoms with Gasteiger partial charge in [0.05, 0.1) is 0 Å². The molecule has 1 saturated carbocycles. The van der Waals surface area contributed by atoms with Crippen LogP contribution in [0.25, 0.3) is 0 Å². The van der Waals surface area contributed by atoms with E-state index < -0.39 is 0 Å². The highest BCUT2D eigenvalue weighted by Gasteiger charge is 2.24. The summed E-state index contributed by atoms with van der Waals surface area (Å²) >= 11 is 0. The molecule has 2 rings (SSSR count). The molecule has 0 spiro atoms. The van der Waals surface area contributed by atoms with Crippen molar-refractivity contribution in [3.8, 4) is 0 Å². The van der Waals surface area contributed by atoms with Gasteiger partial charge in [-0.15, -0.1) is 0 Å². The maximum atomic E-state index is 3.74. The van der Waals surface area contributed by atoms with Gasteiger partial charge in [-0.1, -0.05) is 46.0 Å². The fourth-order valence-electron chi connectivity index (χ4n) is 3.54. The summed E-state index contributed by atoms with van der Waals surface area (Å²) in [7, 11) is 0. The van der Waals surface area contributed by atoms with Gasteiger partial charge in [-0.2, -0.15) is 0 Å². The minimum absolute atomic E-state index is 0.847. The molecule has 1 aliphatic carbocycles. The molecule has 1 saturated heterocycles. The van der Waals surface area contributed by atoms with Crippen LogP contribution in [0.5, 0.6) is 0 Å². The second-order valence-electron chi connectivity index (χ2n) is 6.32. The van der Waals surface area contributed by atoms with Crippen molar-refractivity contribution in [1.29, 1.82) is 0 Å². The largest absolute Gasteiger partial charge is 0.314 e. The monoisotopic (exact) mass is 223 g/mol. The number of rotatable bonds is 3. The van der Waals surface area contributed by atoms with Crippen molar-refractivity contribution in [3.63, 3.8) is 0 Å². The van der Waals surface area contributed by atoms with E-state index in [0.717, 1.165) is 23.8 Å². The molecule has 2 unspecified atom stereocenters. The van der Waals surface area contributed by atoms with Gasteiger partial charge in [-0.25, -0.2) is 0 Å². The van der Waals surface area contributed by atoms with Crippen LogP contribution in [-0.2, 0) is 0 Å². The van der Waals surface area contributed by atoms with Crippen molar-refractivity contribution in [2.75, 3.05) is 6.54 Å². The average Bonchev–Trinajstić information content (AvgIpc) is 2.33. The fraction of sp³-hybridized carbons (Fsp3) is 1.00. The Morgan fingerprint density at radius 1 is 0.938 bits per heavy atom. The van der Waals surface area contributed by atoms with E-state index in [-0.39, 0.29) is 0 Å². The fourth-order valence-corrected chi connectivity index (χ4v) is 3.54. The highest BCUT2D eigenvalue weighted by Crippen LogP contribution is 2.34. The minimum atomic E-state index is 0.847. The molecule has 0 bridgehead atoms. The van der Waals surface area contributed by atoms with E-state index in [4.69, 9.17) is 0 Å². The summed E-state index contributed by atoms with van der Waals surface area (Å²) in [6.45, 7) is 5.99. The normalized spacial score (nSPS) is 40.9. The first-order chi connectivity index (χ1) is 7.78. The second kappa shape index (κ2) is 6.05. The molecule has 1 nitrogen and oxygen atoms in total. The van der Waals surface area contributed by atoms with Crippen LogP contribution in [0.1, 0.15) is 65.2 Å². The summed E-state index contributed by atoms with van der Waals surface area (Å²) in [5, 5.41) is 3.74. The maximum Gasteiger partial charge on any atom is 0.00699 e. The van der Waals surface area contributed by atoms with Gasteiger partial charge >= 0.3 is 0 Å². The summed E-state index contributed by atoms with van der Waals surface area (Å²) in [6.07, 6.45) is 11.8. The van der Waals surface area contributed by atoms with E-state index in [9.17, 15) is 0 Å². The molecule has 2 atom stereocenters. The van der Waals surface area contributed by atoms with Crippen molar-refractivity contribution in [1.82, 2.24) is 5.32 Å². The van der Waals surface area contributed by atoms with Crippen LogP contribution in [0.4, 0.5) is 0 Å². The van der Waals surface area contributed by atoms with E-state index >= 15 is 0 Å². The standard InChI is InChI=1S/C15H29N/c1-3-13-5-7-14(8-6-13)10-15-9-4-12(2)11-16-15/h12-16H,3-11H2,1-2H3. The quantitative estimate of drug-likeness (QED) is 0.763. The molecule has 94 valence electrons. The summed E-state index contributed by atoms with van der Waals surface area (Å²) in [5.41, 5.74) is 0. The molecule has 0 aromatic heterocycles. The summed E-state index contributed by atoms with van der Waals surface area (Å²) in [5.74, 6) is 3.00. The van der Waals surface area contributed by atoms with Gasteiger partial charge in [0.1, 0.15) is 0 Å². The molecule has 0 radical (unpaired) electrons. The third-order valence-corrected chi connectivity index (χ3v) is 4.92. The molecule has 1 N–H and O–H groups in total. The van der Waals surface area contributed by atoms with Crippen molar-refractivity contribution in [3.05, 3.63) is 0 Å². The first-order valence-corrected chi connectivity index (χ1v) is 7.51. The molecular formula is C15H29N. The SMILES string of the molecule is CCC1CCC(CC2CCC(C)CN2)CC1. The second-order valence-corrected chi connectivity index (χ2v) is 6.32. The predicted octanol–water partition coefficient (Wildman–Crippen LogP) is 3.98. The Labute approximate surface area is 101 Å². The number of hydrogen-bond donors (Lipinski definition) is 1. The number of hydrogen-bond acceptors (Lipinski definition) is 1. The van der Waals surface area contributed by atoms with Gasteiger partial charge in [0.15, 0.2) is 0 Å². The summed E-state index contributed by atoms with van der Waals surface area (Å²) < 4.78 is 0. The topological polar surface area (TPSA) is 12.0 Å². The van der Waals surface area contributed by atoms with Crippen LogP contribution in [0.15, 0.2) is 0 Å². The smallest absolute Gasteiger partial charge is 0.00699 e. The van der Waals surface area contributed by atoms with Crippen LogP contribution in [-0.4, -0.2) is 12.6 Å². The first-order valence-electron chi connectivity index (χ1n) is 7.51. The Morgan fingerprint density at radius 3 is 2.19 bits per heavy atom. The molecule has 0 amide bonds. The van der Waals surface area contributed by atoms with Crippen LogP contribution < -0.4 is 5.32 Å². The lowest BCUT2D eigenvalue weighted by atomic mass is 9.77. The van der Waals surface area contributed by atoms with Crippen LogP contribution in [0.3, 0.4) is 0 Å². The molecule has 2 fully saturated rings. The lowest BCUT2D eigenvalue weighted by molar-refractivity contribution is 0.216. The van der Waals surface area contributed by atoms with Gasteiger partial charge in [-0.3, -0.25) is 0 Å². The third-order valence-electron chi connectivity index (χ3n) is 4.92. The van der Waals surface area contributed by atoms with Gasteiger partial charge in [0.25, 0.3) is 0 Å². The van der Waals surface area contributed by atoms with Crippen molar-refractivity contribution in [2.45, 2.75) is 71.3 Å². The van der Waals surface area contributed by atoms with Crippen LogP contribution in [0.2, 0.25) is 0 Å². The van der Waals surface area contributed by atoms with Crippen molar-refractivity contribution < 1.29 is 0 Å². The Bertz CT molecular complexity index is 186. The Kier molecular flexibility index (Phi) is 4.69. The van der Waals surface area contributed by atoms with Crippen LogP contribution in [0, 0.1) is 17.8 Å². The molecule has 1 heteroatoms. The zero-order chi connectivity index (χ0) is 11.4. The van der Waals surface area contributed by atoms with E-state index in [2.05, 4.69) is 19.2 Å². The molecule has 16 heavy (non-hydrogen) atoms. The molecule has 1 aliphatic heterocycles. The Balaban J connectivity index is 1.66. The lowest BCUT2D eigenvalue weighted by Gasteiger charge is -2.34. The summed E-state index contributed by atoms with van der Waals surface area (Å²) in [4.78, 5) is 0. The molecule has 1 heterocycles. The van der Waals surface area contributed by atoms with Crippen molar-refractivity contribution in [2.24, 2.45) is 17.8 Å². The number of nitrogens with one attached hydrogen (secondary N) is 1. The zero-order valence-corrected chi connectivity index (χ0v) is 11.2. The lowest BCUT2D eigenvalue weighted by Crippen LogP contribution is -2.39. The van der Waals surface area contributed by atoms with E-state index in [1.807, 2.05) is 0 Å². The predicted molar refractivity (Wildman–Crippen MR) is 70.5 cm³/mol. The summed E-state index contributed by atoms with van der Waals surface area (Å²) in [6, 6.07) is 0.847. The zero-order valence-electron chi connectivity index (χ0n) is 11.2. The van der Waals surface area contributed by atoms with Crippen LogP contribution >= 0.6 is 0 Å². The molecular weight excluding hydrogens is 194 g/mol. The van der Waals surface area contributed by atoms with Crippen molar-refractivity contribution >= 4 is 0 Å². The molecule has 0 aromatic rings. The van der Waals surface area contributed by atoms with Gasteiger partial charge < -0.3 is 5.32 Å². The maximum absolute atomic E-state index is 3.74. The van der Waals surface area contributed by atoms with E-state index in [1.54, 1.807) is 0 Å². The average molecular weight is 223 g/mol. The van der Waals surface area contributed by atoms with Gasteiger partial charge in [0, 0.05) is 6.04 Å². The Morgan fingerprint density at radius 2 is 1.62 bits per heavy atom. The minimum Gasteiger partial charge on any atom is -0.314 e. The van der Waals surface area contributed by atoms with E-state index in [0.29, 0.717) is 0 Å². The van der Waals surface area contributed by atoms with E-state index in [1.165, 1.54) is 57.9 Å². The first kappa shape index (κ1) is 12.4. The van der Waals surface area contributed by atoms with Gasteiger partial charge in [-0.05, 0) is 43.6 Å². The highest BCUT2D eigenvalue weighted by atomic mass is 14.9. The Hall–Kier alpha value is -0.0400. The molecule has 2 aliphatic rings. The third kappa shape index (κ3) is 3.48. The molecule has 0 aromatic carbocycles. The van der Waals surface area contributed by atoms with Gasteiger partial charge in [0.2, 0.25) is 0 Å². The highest BCUT2D eigenvalue weighted by molar-refractivity contribution is 4.81.